The number of amides is 1. The minimum atomic E-state index is -4.39. The molecule has 3 aromatic rings. The fraction of sp³-hybridized carbons (Fsp3) is 0.333. The molecule has 0 radical (unpaired) electrons. The van der Waals surface area contributed by atoms with Crippen molar-refractivity contribution in [3.05, 3.63) is 89.5 Å². The number of nitrogens with zero attached hydrogens (tertiary/aromatic N) is 2. The van der Waals surface area contributed by atoms with Crippen LogP contribution in [-0.4, -0.2) is 56.7 Å². The molecule has 0 saturated heterocycles. The first-order valence-corrected chi connectivity index (χ1v) is 13.7. The highest BCUT2D eigenvalue weighted by atomic mass is 32.2. The highest BCUT2D eigenvalue weighted by Gasteiger charge is 2.40. The zero-order chi connectivity index (χ0) is 28.9. The summed E-state index contributed by atoms with van der Waals surface area (Å²) in [6.07, 6.45) is -5.02. The molecule has 6 nitrogen and oxygen atoms in total. The Balaban J connectivity index is 1.53. The number of halogens is 3. The van der Waals surface area contributed by atoms with Crippen LogP contribution in [0, 0.1) is 0 Å². The standard InChI is InChI=1S/C30H31F3N2O4S/c1-20(36)39-27-28(22-11-13-24(38-3)14-12-22)40-26-10-5-4-9-25(26)35(29(27)37)18-17-34(2)16-15-21-7-6-8-23(19-21)30(31,32)33/h4-14,19,27-28H,15-18H2,1-3H3/t27-,28+/m0/s1. The van der Waals surface area contributed by atoms with Crippen LogP contribution in [0.25, 0.3) is 0 Å². The third-order valence-electron chi connectivity index (χ3n) is 6.67. The number of thioether (sulfide) groups is 1. The normalized spacial score (nSPS) is 17.4. The summed E-state index contributed by atoms with van der Waals surface area (Å²) >= 11 is 1.46. The van der Waals surface area contributed by atoms with Gasteiger partial charge in [0.15, 0.2) is 6.10 Å². The molecule has 10 heteroatoms. The first-order chi connectivity index (χ1) is 19.1. The number of benzene rings is 3. The molecule has 1 amide bonds. The van der Waals surface area contributed by atoms with Crippen molar-refractivity contribution < 1.29 is 32.2 Å². The summed E-state index contributed by atoms with van der Waals surface area (Å²) in [6, 6.07) is 20.2. The van der Waals surface area contributed by atoms with Gasteiger partial charge in [0.2, 0.25) is 0 Å². The Labute approximate surface area is 236 Å². The van der Waals surface area contributed by atoms with Crippen LogP contribution in [-0.2, 0) is 26.9 Å². The Morgan fingerprint density at radius 1 is 1.02 bits per heavy atom. The van der Waals surface area contributed by atoms with Gasteiger partial charge in [0.1, 0.15) is 5.75 Å². The molecule has 0 aliphatic carbocycles. The highest BCUT2D eigenvalue weighted by molar-refractivity contribution is 7.99. The minimum absolute atomic E-state index is 0.308. The van der Waals surface area contributed by atoms with E-state index in [9.17, 15) is 22.8 Å². The van der Waals surface area contributed by atoms with E-state index in [4.69, 9.17) is 9.47 Å². The second-order valence-corrected chi connectivity index (χ2v) is 10.7. The van der Waals surface area contributed by atoms with Crippen LogP contribution in [0.1, 0.15) is 28.9 Å². The number of methoxy groups -OCH3 is 1. The molecule has 0 aromatic heterocycles. The maximum absolute atomic E-state index is 14.0. The number of anilines is 1. The summed E-state index contributed by atoms with van der Waals surface area (Å²) in [6.45, 7) is 2.56. The van der Waals surface area contributed by atoms with Gasteiger partial charge in [-0.2, -0.15) is 13.2 Å². The van der Waals surface area contributed by atoms with Crippen LogP contribution in [0.4, 0.5) is 18.9 Å². The Hall–Kier alpha value is -3.50. The van der Waals surface area contributed by atoms with Crippen LogP contribution >= 0.6 is 11.8 Å². The SMILES string of the molecule is COc1ccc([C@H]2Sc3ccccc3N(CCN(C)CCc3cccc(C(F)(F)F)c3)C(=O)[C@H]2OC(C)=O)cc1. The number of carbonyl (C=O) groups excluding carboxylic acids is 2. The van der Waals surface area contributed by atoms with Crippen molar-refractivity contribution >= 4 is 29.3 Å². The average molecular weight is 573 g/mol. The Kier molecular flexibility index (Phi) is 9.42. The van der Waals surface area contributed by atoms with Crippen molar-refractivity contribution in [3.63, 3.8) is 0 Å². The molecular weight excluding hydrogens is 541 g/mol. The Bertz CT molecular complexity index is 1330. The monoisotopic (exact) mass is 572 g/mol. The quantitative estimate of drug-likeness (QED) is 0.293. The third-order valence-corrected chi connectivity index (χ3v) is 8.05. The van der Waals surface area contributed by atoms with Gasteiger partial charge in [-0.15, -0.1) is 11.8 Å². The van der Waals surface area contributed by atoms with Crippen LogP contribution in [0.15, 0.2) is 77.7 Å². The summed E-state index contributed by atoms with van der Waals surface area (Å²) in [5, 5.41) is -0.480. The number of para-hydroxylation sites is 1. The molecule has 0 bridgehead atoms. The highest BCUT2D eigenvalue weighted by Crippen LogP contribution is 2.46. The van der Waals surface area contributed by atoms with Crippen LogP contribution in [0.2, 0.25) is 0 Å². The van der Waals surface area contributed by atoms with E-state index in [1.165, 1.54) is 30.8 Å². The lowest BCUT2D eigenvalue weighted by molar-refractivity contribution is -0.152. The lowest BCUT2D eigenvalue weighted by Gasteiger charge is -2.29. The Morgan fingerprint density at radius 2 is 1.75 bits per heavy atom. The van der Waals surface area contributed by atoms with Gasteiger partial charge in [-0.3, -0.25) is 9.59 Å². The number of likely N-dealkylation sites (N-methyl/N-ethyl adjacent to an activating group) is 1. The zero-order valence-corrected chi connectivity index (χ0v) is 23.3. The molecule has 0 spiro atoms. The van der Waals surface area contributed by atoms with Crippen molar-refractivity contribution in [1.29, 1.82) is 0 Å². The van der Waals surface area contributed by atoms with Crippen LogP contribution in [0.3, 0.4) is 0 Å². The predicted octanol–water partition coefficient (Wildman–Crippen LogP) is 6.00. The van der Waals surface area contributed by atoms with Crippen molar-refractivity contribution in [2.75, 3.05) is 38.7 Å². The van der Waals surface area contributed by atoms with Gasteiger partial charge in [0, 0.05) is 31.5 Å². The summed E-state index contributed by atoms with van der Waals surface area (Å²) in [5.41, 5.74) is 1.46. The number of alkyl halides is 3. The maximum atomic E-state index is 14.0. The second kappa shape index (κ2) is 12.8. The fourth-order valence-corrected chi connectivity index (χ4v) is 5.86. The number of hydrogen-bond acceptors (Lipinski definition) is 6. The van der Waals surface area contributed by atoms with E-state index in [2.05, 4.69) is 0 Å². The topological polar surface area (TPSA) is 59.1 Å². The van der Waals surface area contributed by atoms with Crippen molar-refractivity contribution in [3.8, 4) is 5.75 Å². The molecule has 1 aliphatic heterocycles. The van der Waals surface area contributed by atoms with E-state index >= 15 is 0 Å². The second-order valence-electron chi connectivity index (χ2n) is 9.55. The summed E-state index contributed by atoms with van der Waals surface area (Å²) in [5.74, 6) is -0.214. The van der Waals surface area contributed by atoms with Crippen LogP contribution in [0.5, 0.6) is 5.75 Å². The number of esters is 1. The number of ether oxygens (including phenoxy) is 2. The molecule has 0 unspecified atom stereocenters. The average Bonchev–Trinajstić information content (AvgIpc) is 3.04. The van der Waals surface area contributed by atoms with Crippen molar-refractivity contribution in [1.82, 2.24) is 4.90 Å². The third kappa shape index (κ3) is 7.17. The first-order valence-electron chi connectivity index (χ1n) is 12.8. The van der Waals surface area contributed by atoms with Gasteiger partial charge in [-0.25, -0.2) is 0 Å². The largest absolute Gasteiger partial charge is 0.497 e. The summed E-state index contributed by atoms with van der Waals surface area (Å²) < 4.78 is 50.1. The predicted molar refractivity (Wildman–Crippen MR) is 149 cm³/mol. The van der Waals surface area contributed by atoms with Gasteiger partial charge in [-0.1, -0.05) is 42.5 Å². The van der Waals surface area contributed by atoms with Crippen molar-refractivity contribution in [2.24, 2.45) is 0 Å². The fourth-order valence-electron chi connectivity index (χ4n) is 4.54. The molecule has 2 atom stereocenters. The van der Waals surface area contributed by atoms with E-state index in [-0.39, 0.29) is 5.91 Å². The van der Waals surface area contributed by atoms with E-state index < -0.39 is 29.1 Å². The summed E-state index contributed by atoms with van der Waals surface area (Å²) in [7, 11) is 3.44. The minimum Gasteiger partial charge on any atom is -0.497 e. The van der Waals surface area contributed by atoms with Gasteiger partial charge in [0.25, 0.3) is 5.91 Å². The van der Waals surface area contributed by atoms with Gasteiger partial charge in [0.05, 0.1) is 23.6 Å². The molecule has 0 fully saturated rings. The molecule has 1 aliphatic rings. The number of fused-ring (bicyclic) bond motifs is 1. The molecule has 40 heavy (non-hydrogen) atoms. The lowest BCUT2D eigenvalue weighted by Crippen LogP contribution is -2.45. The first kappa shape index (κ1) is 29.5. The molecule has 4 rings (SSSR count). The van der Waals surface area contributed by atoms with Crippen molar-refractivity contribution in [2.45, 2.75) is 35.8 Å². The number of rotatable bonds is 9. The number of carbonyl (C=O) groups is 2. The summed E-state index contributed by atoms with van der Waals surface area (Å²) in [4.78, 5) is 30.5. The number of hydrogen-bond donors (Lipinski definition) is 0. The van der Waals surface area contributed by atoms with Crippen LogP contribution < -0.4 is 9.64 Å². The van der Waals surface area contributed by atoms with Gasteiger partial charge in [-0.05, 0) is 54.9 Å². The molecule has 0 N–H and O–H groups in total. The van der Waals surface area contributed by atoms with Gasteiger partial charge < -0.3 is 19.3 Å². The molecular formula is C30H31F3N2O4S. The maximum Gasteiger partial charge on any atom is 0.416 e. The van der Waals surface area contributed by atoms with E-state index in [0.717, 1.165) is 22.2 Å². The van der Waals surface area contributed by atoms with E-state index in [1.807, 2.05) is 48.3 Å². The van der Waals surface area contributed by atoms with E-state index in [0.29, 0.717) is 37.4 Å². The smallest absolute Gasteiger partial charge is 0.416 e. The van der Waals surface area contributed by atoms with Gasteiger partial charge >= 0.3 is 12.1 Å². The lowest BCUT2D eigenvalue weighted by atomic mass is 10.1. The molecule has 0 saturated carbocycles. The van der Waals surface area contributed by atoms with E-state index in [1.54, 1.807) is 30.2 Å². The Morgan fingerprint density at radius 3 is 2.42 bits per heavy atom. The zero-order valence-electron chi connectivity index (χ0n) is 22.5. The molecule has 3 aromatic carbocycles. The molecule has 212 valence electrons. The molecule has 1 heterocycles.